The molecule has 0 bridgehead atoms. The number of hydrogen-bond acceptors (Lipinski definition) is 1. The molecule has 0 unspecified atom stereocenters. The van der Waals surface area contributed by atoms with Crippen LogP contribution < -0.4 is 0 Å². The zero-order chi connectivity index (χ0) is 4.12. The molecule has 0 heterocycles. The van der Waals surface area contributed by atoms with Crippen molar-refractivity contribution in [2.75, 3.05) is 0 Å². The Morgan fingerprint density at radius 2 is 2.40 bits per heavy atom. The quantitative estimate of drug-likeness (QED) is 0.308. The highest BCUT2D eigenvalue weighted by Gasteiger charge is 1.45. The van der Waals surface area contributed by atoms with Crippen molar-refractivity contribution < 1.29 is 0 Å². The van der Waals surface area contributed by atoms with Gasteiger partial charge < -0.3 is 0 Å². The summed E-state index contributed by atoms with van der Waals surface area (Å²) >= 11 is 0. The number of allylic oxidation sites excluding steroid dienone is 2. The third-order valence-electron chi connectivity index (χ3n) is 0.241. The molecule has 0 aliphatic heterocycles. The van der Waals surface area contributed by atoms with Gasteiger partial charge in [-0.05, 0) is 6.92 Å². The Labute approximate surface area is 31.5 Å². The predicted octanol–water partition coefficient (Wildman–Crippen LogP) is 1.09. The summed E-state index contributed by atoms with van der Waals surface area (Å²) in [4.78, 5) is 0. The Bertz CT molecular complexity index is 66.2. The van der Waals surface area contributed by atoms with Gasteiger partial charge in [0.2, 0.25) is 0 Å². The van der Waals surface area contributed by atoms with E-state index >= 15 is 0 Å². The molecule has 0 radical (unpaired) electrons. The summed E-state index contributed by atoms with van der Waals surface area (Å²) in [5, 5.41) is 7.73. The minimum absolute atomic E-state index is 1.43. The van der Waals surface area contributed by atoms with E-state index in [9.17, 15) is 0 Å². The summed E-state index contributed by atoms with van der Waals surface area (Å²) in [6.45, 7) is 1.81. The molecule has 0 amide bonds. The van der Waals surface area contributed by atoms with E-state index in [1.54, 1.807) is 6.08 Å². The van der Waals surface area contributed by atoms with Gasteiger partial charge in [0.05, 0.1) is 6.07 Å². The summed E-state index contributed by atoms with van der Waals surface area (Å²) in [6.07, 6.45) is 3.12. The van der Waals surface area contributed by atoms with Crippen LogP contribution in [0.4, 0.5) is 0 Å². The molecule has 0 atom stereocenters. The lowest BCUT2D eigenvalue weighted by molar-refractivity contribution is 1.53. The first kappa shape index (κ1) is 4.23. The van der Waals surface area contributed by atoms with Crippen molar-refractivity contribution in [2.45, 2.75) is 6.92 Å². The van der Waals surface area contributed by atoms with Gasteiger partial charge in [0, 0.05) is 6.08 Å². The van der Waals surface area contributed by atoms with E-state index in [1.165, 1.54) is 6.08 Å². The Kier molecular flexibility index (Phi) is 2.73. The van der Waals surface area contributed by atoms with Crippen LogP contribution in [0, 0.1) is 11.3 Å². The van der Waals surface area contributed by atoms with E-state index in [0.717, 1.165) is 0 Å². The molecule has 0 aromatic carbocycles. The molecule has 5 heavy (non-hydrogen) atoms. The van der Waals surface area contributed by atoms with E-state index in [1.807, 2.05) is 13.0 Å². The zero-order valence-corrected chi connectivity index (χ0v) is 3.10. The van der Waals surface area contributed by atoms with Crippen LogP contribution in [0.1, 0.15) is 6.92 Å². The minimum atomic E-state index is 1.43. The molecule has 0 fully saturated rings. The molecule has 26 valence electrons. The number of hydrogen-bond donors (Lipinski definition) is 0. The van der Waals surface area contributed by atoms with Crippen LogP contribution in [0.2, 0.25) is 0 Å². The first-order valence-electron chi connectivity index (χ1n) is 1.42. The third-order valence-corrected chi connectivity index (χ3v) is 0.241. The second-order valence-electron chi connectivity index (χ2n) is 0.629. The third kappa shape index (κ3) is 3.23. The Morgan fingerprint density at radius 1 is 1.80 bits per heavy atom. The molecule has 0 aliphatic carbocycles. The zero-order valence-electron chi connectivity index (χ0n) is 3.10. The van der Waals surface area contributed by atoms with Crippen LogP contribution in [0.5, 0.6) is 0 Å². The second-order valence-corrected chi connectivity index (χ2v) is 0.629. The molecular formula is C4H5N. The van der Waals surface area contributed by atoms with Gasteiger partial charge in [0.15, 0.2) is 0 Å². The second kappa shape index (κ2) is 3.23. The number of nitrogens with zero attached hydrogens (tertiary/aromatic N) is 1. The number of nitriles is 1. The van der Waals surface area contributed by atoms with E-state index in [-0.39, 0.29) is 0 Å². The largest absolute Gasteiger partial charge is 0.193 e. The highest BCUT2D eigenvalue weighted by Crippen LogP contribution is 1.58. The molecule has 0 N–H and O–H groups in total. The van der Waals surface area contributed by atoms with Gasteiger partial charge in [-0.2, -0.15) is 5.26 Å². The van der Waals surface area contributed by atoms with Crippen LogP contribution in [0.3, 0.4) is 0 Å². The highest BCUT2D eigenvalue weighted by atomic mass is 14.4. The normalized spacial score (nSPS) is 8.00. The summed E-state index contributed by atoms with van der Waals surface area (Å²) in [6, 6.07) is 1.84. The molecule has 0 saturated carbocycles. The van der Waals surface area contributed by atoms with Crippen molar-refractivity contribution in [1.82, 2.24) is 0 Å². The fourth-order valence-corrected chi connectivity index (χ4v) is 0.0745. The van der Waals surface area contributed by atoms with Gasteiger partial charge in [0.25, 0.3) is 0 Å². The summed E-state index contributed by atoms with van der Waals surface area (Å²) in [7, 11) is 0. The molecule has 0 saturated heterocycles. The van der Waals surface area contributed by atoms with E-state index < -0.39 is 0 Å². The van der Waals surface area contributed by atoms with Gasteiger partial charge in [-0.15, -0.1) is 0 Å². The monoisotopic (exact) mass is 68.0 g/mol. The van der Waals surface area contributed by atoms with Crippen molar-refractivity contribution in [3.8, 4) is 6.07 Å². The molecule has 1 heteroatoms. The summed E-state index contributed by atoms with van der Waals surface area (Å²) < 4.78 is 0. The summed E-state index contributed by atoms with van der Waals surface area (Å²) in [5.41, 5.74) is 0. The lowest BCUT2D eigenvalue weighted by Crippen LogP contribution is -1.35. The topological polar surface area (TPSA) is 23.8 Å². The van der Waals surface area contributed by atoms with Crippen molar-refractivity contribution >= 4 is 0 Å². The maximum absolute atomic E-state index is 7.73. The molecular weight excluding hydrogens is 63.0 g/mol. The fourth-order valence-electron chi connectivity index (χ4n) is 0.0745. The van der Waals surface area contributed by atoms with Gasteiger partial charge in [-0.25, -0.2) is 0 Å². The first-order valence-corrected chi connectivity index (χ1v) is 1.42. The van der Waals surface area contributed by atoms with Crippen LogP contribution in [-0.2, 0) is 0 Å². The van der Waals surface area contributed by atoms with Crippen molar-refractivity contribution in [2.24, 2.45) is 0 Å². The molecule has 0 aromatic rings. The van der Waals surface area contributed by atoms with Gasteiger partial charge in [-0.3, -0.25) is 0 Å². The van der Waals surface area contributed by atoms with Crippen LogP contribution in [0.15, 0.2) is 12.2 Å². The van der Waals surface area contributed by atoms with E-state index in [4.69, 9.17) is 5.26 Å². The van der Waals surface area contributed by atoms with Crippen molar-refractivity contribution in [1.29, 1.82) is 5.26 Å². The minimum Gasteiger partial charge on any atom is -0.193 e. The Hall–Kier alpha value is -0.770. The summed E-state index contributed by atoms with van der Waals surface area (Å²) in [5.74, 6) is 0. The fraction of sp³-hybridized carbons (Fsp3) is 0.250. The molecule has 0 aromatic heterocycles. The van der Waals surface area contributed by atoms with E-state index in [2.05, 4.69) is 0 Å². The molecule has 0 aliphatic rings. The standard InChI is InChI=1S/C4H5N/c1-2-3-4-5/h2-3H,1H3/b3-2+/i4+1. The molecule has 0 spiro atoms. The average Bonchev–Trinajstić information content (AvgIpc) is 1.41. The van der Waals surface area contributed by atoms with Crippen molar-refractivity contribution in [3.63, 3.8) is 0 Å². The highest BCUT2D eigenvalue weighted by molar-refractivity contribution is 4.99. The maximum Gasteiger partial charge on any atom is 0.0908 e. The van der Waals surface area contributed by atoms with E-state index in [0.29, 0.717) is 0 Å². The Balaban J connectivity index is 3.04. The van der Waals surface area contributed by atoms with Crippen molar-refractivity contribution in [3.05, 3.63) is 12.2 Å². The SMILES string of the molecule is C/C=C/[13C]#N. The smallest absolute Gasteiger partial charge is 0.0908 e. The lowest BCUT2D eigenvalue weighted by Gasteiger charge is -1.47. The lowest BCUT2D eigenvalue weighted by atomic mass is 10.7. The maximum atomic E-state index is 7.73. The van der Waals surface area contributed by atoms with Crippen LogP contribution in [-0.4, -0.2) is 0 Å². The van der Waals surface area contributed by atoms with Gasteiger partial charge in [0.1, 0.15) is 0 Å². The number of rotatable bonds is 0. The van der Waals surface area contributed by atoms with Crippen LogP contribution >= 0.6 is 0 Å². The first-order chi connectivity index (χ1) is 2.41. The molecule has 0 rings (SSSR count). The molecule has 1 nitrogen and oxygen atoms in total. The van der Waals surface area contributed by atoms with Crippen LogP contribution in [0.25, 0.3) is 0 Å². The van der Waals surface area contributed by atoms with Gasteiger partial charge in [-0.1, -0.05) is 6.08 Å². The predicted molar refractivity (Wildman–Crippen MR) is 20.4 cm³/mol. The average molecular weight is 68.1 g/mol. The Morgan fingerprint density at radius 3 is 2.40 bits per heavy atom. The van der Waals surface area contributed by atoms with Gasteiger partial charge >= 0.3 is 0 Å².